The highest BCUT2D eigenvalue weighted by atomic mass is 32.1. The van der Waals surface area contributed by atoms with Gasteiger partial charge in [0.1, 0.15) is 16.3 Å². The van der Waals surface area contributed by atoms with Gasteiger partial charge in [-0.3, -0.25) is 23.5 Å². The van der Waals surface area contributed by atoms with Crippen molar-refractivity contribution in [3.05, 3.63) is 85.6 Å². The van der Waals surface area contributed by atoms with Gasteiger partial charge in [-0.15, -0.1) is 11.3 Å². The monoisotopic (exact) mass is 481 g/mol. The largest absolute Gasteiger partial charge is 0.497 e. The van der Waals surface area contributed by atoms with Crippen LogP contribution in [0.25, 0.3) is 10.2 Å². The number of hydrogen-bond donors (Lipinski definition) is 3. The highest BCUT2D eigenvalue weighted by Gasteiger charge is 2.18. The second-order valence-corrected chi connectivity index (χ2v) is 8.53. The van der Waals surface area contributed by atoms with Crippen LogP contribution in [0.15, 0.2) is 58.3 Å². The van der Waals surface area contributed by atoms with Gasteiger partial charge < -0.3 is 20.4 Å². The number of H-pyrrole nitrogens is 1. The van der Waals surface area contributed by atoms with Crippen LogP contribution < -0.4 is 26.6 Å². The summed E-state index contributed by atoms with van der Waals surface area (Å²) in [6, 6.07) is 12.2. The van der Waals surface area contributed by atoms with Gasteiger partial charge in [0.15, 0.2) is 0 Å². The van der Waals surface area contributed by atoms with E-state index in [4.69, 9.17) is 4.74 Å². The summed E-state index contributed by atoms with van der Waals surface area (Å²) in [6.45, 7) is 0.381. The average Bonchev–Trinajstić information content (AvgIpc) is 3.54. The average molecular weight is 482 g/mol. The Labute approximate surface area is 197 Å². The van der Waals surface area contributed by atoms with Crippen molar-refractivity contribution in [2.24, 2.45) is 7.05 Å². The number of nitrogens with one attached hydrogen (secondary N) is 3. The lowest BCUT2D eigenvalue weighted by Crippen LogP contribution is -2.41. The lowest BCUT2D eigenvalue weighted by atomic mass is 10.2. The number of thiophene rings is 1. The second-order valence-electron chi connectivity index (χ2n) is 7.50. The van der Waals surface area contributed by atoms with Crippen LogP contribution in [0.2, 0.25) is 0 Å². The van der Waals surface area contributed by atoms with E-state index in [1.165, 1.54) is 10.6 Å². The Bertz CT molecular complexity index is 1470. The second kappa shape index (κ2) is 9.79. The van der Waals surface area contributed by atoms with Crippen LogP contribution in [0, 0.1) is 0 Å². The fraction of sp³-hybridized carbons (Fsp3) is 0.217. The maximum Gasteiger partial charge on any atom is 0.331 e. The predicted octanol–water partition coefficient (Wildman–Crippen LogP) is 1.46. The number of amides is 2. The van der Waals surface area contributed by atoms with Gasteiger partial charge in [0.25, 0.3) is 17.4 Å². The SMILES string of the molecule is COc1cccc(CNC(=O)c2cc3c(=O)n(CCNC(=O)c4ccc[nH]4)c(=O)n(C)c3s2)c1. The number of methoxy groups -OCH3 is 1. The molecule has 2 amide bonds. The third-order valence-corrected chi connectivity index (χ3v) is 6.50. The van der Waals surface area contributed by atoms with E-state index in [1.54, 1.807) is 32.5 Å². The lowest BCUT2D eigenvalue weighted by molar-refractivity contribution is 0.0942. The van der Waals surface area contributed by atoms with E-state index in [2.05, 4.69) is 15.6 Å². The highest BCUT2D eigenvalue weighted by Crippen LogP contribution is 2.22. The van der Waals surface area contributed by atoms with Crippen LogP contribution in [-0.2, 0) is 20.1 Å². The van der Waals surface area contributed by atoms with Gasteiger partial charge in [0.2, 0.25) is 0 Å². The Morgan fingerprint density at radius 1 is 1.09 bits per heavy atom. The minimum atomic E-state index is -0.517. The first-order valence-electron chi connectivity index (χ1n) is 10.4. The maximum atomic E-state index is 13.0. The Kier molecular flexibility index (Phi) is 6.64. The number of fused-ring (bicyclic) bond motifs is 1. The Morgan fingerprint density at radius 2 is 1.91 bits per heavy atom. The molecular weight excluding hydrogens is 458 g/mol. The van der Waals surface area contributed by atoms with Crippen molar-refractivity contribution in [1.29, 1.82) is 0 Å². The minimum Gasteiger partial charge on any atom is -0.497 e. The number of nitrogens with zero attached hydrogens (tertiary/aromatic N) is 2. The fourth-order valence-corrected chi connectivity index (χ4v) is 4.51. The van der Waals surface area contributed by atoms with Gasteiger partial charge >= 0.3 is 5.69 Å². The zero-order valence-corrected chi connectivity index (χ0v) is 19.4. The van der Waals surface area contributed by atoms with Gasteiger partial charge in [0.05, 0.1) is 17.4 Å². The van der Waals surface area contributed by atoms with Crippen LogP contribution in [0.4, 0.5) is 0 Å². The first kappa shape index (κ1) is 23.1. The highest BCUT2D eigenvalue weighted by molar-refractivity contribution is 7.20. The third kappa shape index (κ3) is 4.64. The van der Waals surface area contributed by atoms with E-state index < -0.39 is 11.2 Å². The molecular formula is C23H23N5O5S. The number of ether oxygens (including phenoxy) is 1. The zero-order valence-electron chi connectivity index (χ0n) is 18.6. The number of benzene rings is 1. The van der Waals surface area contributed by atoms with Crippen LogP contribution in [-0.4, -0.2) is 39.6 Å². The number of aromatic amines is 1. The van der Waals surface area contributed by atoms with Gasteiger partial charge in [-0.2, -0.15) is 0 Å². The summed E-state index contributed by atoms with van der Waals surface area (Å²) in [5.41, 5.74) is 0.232. The summed E-state index contributed by atoms with van der Waals surface area (Å²) >= 11 is 1.08. The summed E-state index contributed by atoms with van der Waals surface area (Å²) in [6.07, 6.45) is 1.63. The molecule has 0 bridgehead atoms. The summed E-state index contributed by atoms with van der Waals surface area (Å²) in [7, 11) is 3.12. The summed E-state index contributed by atoms with van der Waals surface area (Å²) in [5, 5.41) is 5.77. The zero-order chi connectivity index (χ0) is 24.2. The van der Waals surface area contributed by atoms with E-state index in [1.807, 2.05) is 24.3 Å². The van der Waals surface area contributed by atoms with Crippen LogP contribution in [0.5, 0.6) is 5.75 Å². The Hall–Kier alpha value is -4.12. The number of rotatable bonds is 8. The van der Waals surface area contributed by atoms with Crippen molar-refractivity contribution in [3.8, 4) is 5.75 Å². The molecule has 4 aromatic rings. The molecule has 0 spiro atoms. The normalized spacial score (nSPS) is 10.9. The van der Waals surface area contributed by atoms with E-state index in [0.29, 0.717) is 21.2 Å². The van der Waals surface area contributed by atoms with E-state index in [0.717, 1.165) is 21.5 Å². The molecule has 0 radical (unpaired) electrons. The van der Waals surface area contributed by atoms with E-state index in [-0.39, 0.29) is 36.8 Å². The summed E-state index contributed by atoms with van der Waals surface area (Å²) in [5.74, 6) is 0.00959. The van der Waals surface area contributed by atoms with E-state index in [9.17, 15) is 19.2 Å². The summed E-state index contributed by atoms with van der Waals surface area (Å²) < 4.78 is 7.59. The molecule has 0 aliphatic carbocycles. The van der Waals surface area contributed by atoms with Crippen molar-refractivity contribution < 1.29 is 14.3 Å². The fourth-order valence-electron chi connectivity index (χ4n) is 3.49. The predicted molar refractivity (Wildman–Crippen MR) is 129 cm³/mol. The third-order valence-electron chi connectivity index (χ3n) is 5.29. The van der Waals surface area contributed by atoms with E-state index >= 15 is 0 Å². The quantitative estimate of drug-likeness (QED) is 0.351. The number of aryl methyl sites for hydroxylation is 1. The number of aromatic nitrogens is 3. The topological polar surface area (TPSA) is 127 Å². The number of carbonyl (C=O) groups excluding carboxylic acids is 2. The molecule has 0 fully saturated rings. The molecule has 0 aliphatic rings. The Morgan fingerprint density at radius 3 is 2.65 bits per heavy atom. The molecule has 176 valence electrons. The molecule has 34 heavy (non-hydrogen) atoms. The molecule has 10 nitrogen and oxygen atoms in total. The summed E-state index contributed by atoms with van der Waals surface area (Å²) in [4.78, 5) is 54.0. The molecule has 3 N–H and O–H groups in total. The molecule has 3 aromatic heterocycles. The standard InChI is InChI=1S/C23H23N5O5S/c1-27-22-16(12-18(34-22)20(30)26-13-14-5-3-6-15(11-14)33-2)21(31)28(23(27)32)10-9-25-19(29)17-7-4-8-24-17/h3-8,11-12,24H,9-10,13H2,1-2H3,(H,25,29)(H,26,30). The first-order chi connectivity index (χ1) is 16.4. The van der Waals surface area contributed by atoms with Gasteiger partial charge in [-0.1, -0.05) is 12.1 Å². The molecule has 11 heteroatoms. The number of hydrogen-bond acceptors (Lipinski definition) is 6. The molecule has 0 unspecified atom stereocenters. The first-order valence-corrected chi connectivity index (χ1v) is 11.3. The molecule has 1 aromatic carbocycles. The lowest BCUT2D eigenvalue weighted by Gasteiger charge is -2.09. The van der Waals surface area contributed by atoms with Crippen molar-refractivity contribution in [2.75, 3.05) is 13.7 Å². The van der Waals surface area contributed by atoms with Crippen LogP contribution in [0.1, 0.15) is 25.7 Å². The minimum absolute atomic E-state index is 0.00110. The van der Waals surface area contributed by atoms with Crippen molar-refractivity contribution in [3.63, 3.8) is 0 Å². The van der Waals surface area contributed by atoms with Crippen molar-refractivity contribution >= 4 is 33.4 Å². The Balaban J connectivity index is 1.51. The van der Waals surface area contributed by atoms with Crippen molar-refractivity contribution in [1.82, 2.24) is 24.8 Å². The molecule has 0 saturated carbocycles. The molecule has 0 aliphatic heterocycles. The van der Waals surface area contributed by atoms with Gasteiger partial charge in [-0.05, 0) is 35.9 Å². The van der Waals surface area contributed by atoms with Crippen LogP contribution >= 0.6 is 11.3 Å². The number of carbonyl (C=O) groups is 2. The smallest absolute Gasteiger partial charge is 0.331 e. The molecule has 0 atom stereocenters. The molecule has 0 saturated heterocycles. The van der Waals surface area contributed by atoms with Gasteiger partial charge in [0, 0.05) is 32.9 Å². The molecule has 4 rings (SSSR count). The van der Waals surface area contributed by atoms with Gasteiger partial charge in [-0.25, -0.2) is 4.79 Å². The maximum absolute atomic E-state index is 13.0. The van der Waals surface area contributed by atoms with Crippen molar-refractivity contribution in [2.45, 2.75) is 13.1 Å². The van der Waals surface area contributed by atoms with Crippen LogP contribution in [0.3, 0.4) is 0 Å². The molecule has 3 heterocycles.